The molecule has 0 bridgehead atoms. The van der Waals surface area contributed by atoms with Gasteiger partial charge in [0.15, 0.2) is 0 Å². The molecule has 15 heavy (non-hydrogen) atoms. The highest BCUT2D eigenvalue weighted by Gasteiger charge is 2.10. The molecule has 1 aromatic rings. The molecular formula is C10H7Br2NO2. The van der Waals surface area contributed by atoms with Crippen molar-refractivity contribution >= 4 is 37.8 Å². The fourth-order valence-corrected chi connectivity index (χ4v) is 2.17. The molecule has 5 heteroatoms. The predicted octanol–water partition coefficient (Wildman–Crippen LogP) is 2.84. The number of carboxylic acid groups (broad SMARTS) is 1. The summed E-state index contributed by atoms with van der Waals surface area (Å²) in [7, 11) is 0. The summed E-state index contributed by atoms with van der Waals surface area (Å²) < 4.78 is 0.721. The van der Waals surface area contributed by atoms with E-state index < -0.39 is 5.97 Å². The molecule has 0 heterocycles. The maximum Gasteiger partial charge on any atom is 0.307 e. The van der Waals surface area contributed by atoms with Crippen molar-refractivity contribution in [1.29, 1.82) is 5.26 Å². The molecule has 0 amide bonds. The van der Waals surface area contributed by atoms with Crippen LogP contribution in [0.3, 0.4) is 0 Å². The van der Waals surface area contributed by atoms with E-state index in [9.17, 15) is 4.79 Å². The van der Waals surface area contributed by atoms with Crippen molar-refractivity contribution in [3.05, 3.63) is 33.3 Å². The van der Waals surface area contributed by atoms with Crippen LogP contribution >= 0.6 is 31.9 Å². The van der Waals surface area contributed by atoms with Gasteiger partial charge in [-0.25, -0.2) is 0 Å². The highest BCUT2D eigenvalue weighted by atomic mass is 79.9. The van der Waals surface area contributed by atoms with Crippen LogP contribution in [0.25, 0.3) is 0 Å². The van der Waals surface area contributed by atoms with Crippen molar-refractivity contribution in [2.24, 2.45) is 0 Å². The summed E-state index contributed by atoms with van der Waals surface area (Å²) in [5.74, 6) is -0.911. The van der Waals surface area contributed by atoms with Gasteiger partial charge in [-0.3, -0.25) is 4.79 Å². The number of rotatable bonds is 3. The second-order valence-electron chi connectivity index (χ2n) is 2.92. The Morgan fingerprint density at radius 3 is 2.60 bits per heavy atom. The Hall–Kier alpha value is -0.860. The van der Waals surface area contributed by atoms with Crippen LogP contribution in [-0.2, 0) is 16.5 Å². The van der Waals surface area contributed by atoms with E-state index in [1.165, 1.54) is 0 Å². The zero-order valence-electron chi connectivity index (χ0n) is 7.63. The Balaban J connectivity index is 3.21. The van der Waals surface area contributed by atoms with E-state index in [0.29, 0.717) is 16.5 Å². The second-order valence-corrected chi connectivity index (χ2v) is 4.33. The molecule has 0 aliphatic heterocycles. The summed E-state index contributed by atoms with van der Waals surface area (Å²) in [5, 5.41) is 18.1. The molecule has 0 radical (unpaired) electrons. The third-order valence-corrected chi connectivity index (χ3v) is 3.22. The Bertz CT molecular complexity index is 438. The van der Waals surface area contributed by atoms with Gasteiger partial charge in [0.25, 0.3) is 0 Å². The third kappa shape index (κ3) is 3.05. The minimum absolute atomic E-state index is 0.0855. The van der Waals surface area contributed by atoms with Crippen LogP contribution in [0.1, 0.15) is 16.7 Å². The molecule has 0 atom stereocenters. The topological polar surface area (TPSA) is 61.1 Å². The lowest BCUT2D eigenvalue weighted by Gasteiger charge is -2.06. The van der Waals surface area contributed by atoms with Gasteiger partial charge in [0.05, 0.1) is 18.1 Å². The highest BCUT2D eigenvalue weighted by Crippen LogP contribution is 2.24. The van der Waals surface area contributed by atoms with Gasteiger partial charge >= 0.3 is 5.97 Å². The van der Waals surface area contributed by atoms with Crippen LogP contribution in [0.2, 0.25) is 0 Å². The Morgan fingerprint density at radius 2 is 2.13 bits per heavy atom. The standard InChI is InChI=1S/C10H7Br2NO2/c11-4-7-2-9(12)6(3-10(14)15)1-8(7)5-13/h1-2H,3-4H2,(H,14,15). The molecule has 0 aromatic heterocycles. The number of nitriles is 1. The van der Waals surface area contributed by atoms with Gasteiger partial charge in [-0.1, -0.05) is 31.9 Å². The smallest absolute Gasteiger partial charge is 0.307 e. The number of carboxylic acids is 1. The van der Waals surface area contributed by atoms with E-state index in [4.69, 9.17) is 10.4 Å². The third-order valence-electron chi connectivity index (χ3n) is 1.88. The fourth-order valence-electron chi connectivity index (χ4n) is 1.17. The summed E-state index contributed by atoms with van der Waals surface area (Å²) in [6, 6.07) is 5.42. The van der Waals surface area contributed by atoms with Crippen molar-refractivity contribution < 1.29 is 9.90 Å². The Kier molecular flexibility index (Phi) is 4.30. The van der Waals surface area contributed by atoms with Crippen LogP contribution in [0, 0.1) is 11.3 Å². The minimum atomic E-state index is -0.911. The molecule has 0 aliphatic rings. The van der Waals surface area contributed by atoms with Gasteiger partial charge in [-0.15, -0.1) is 0 Å². The van der Waals surface area contributed by atoms with Crippen molar-refractivity contribution in [2.75, 3.05) is 0 Å². The zero-order valence-corrected chi connectivity index (χ0v) is 10.8. The van der Waals surface area contributed by atoms with Gasteiger partial charge < -0.3 is 5.11 Å². The molecule has 0 aliphatic carbocycles. The molecule has 0 saturated heterocycles. The number of aliphatic carboxylic acids is 1. The number of nitrogens with zero attached hydrogens (tertiary/aromatic N) is 1. The molecular weight excluding hydrogens is 326 g/mol. The monoisotopic (exact) mass is 331 g/mol. The number of hydrogen-bond acceptors (Lipinski definition) is 2. The van der Waals surface area contributed by atoms with Crippen molar-refractivity contribution in [1.82, 2.24) is 0 Å². The van der Waals surface area contributed by atoms with Gasteiger partial charge in [0.1, 0.15) is 0 Å². The lowest BCUT2D eigenvalue weighted by atomic mass is 10.0. The van der Waals surface area contributed by atoms with Crippen LogP contribution in [0.15, 0.2) is 16.6 Å². The fraction of sp³-hybridized carbons (Fsp3) is 0.200. The zero-order chi connectivity index (χ0) is 11.4. The largest absolute Gasteiger partial charge is 0.481 e. The van der Waals surface area contributed by atoms with Gasteiger partial charge in [0.2, 0.25) is 0 Å². The number of alkyl halides is 1. The number of hydrogen-bond donors (Lipinski definition) is 1. The quantitative estimate of drug-likeness (QED) is 0.866. The average molecular weight is 333 g/mol. The number of halogens is 2. The van der Waals surface area contributed by atoms with Crippen LogP contribution in [0.4, 0.5) is 0 Å². The van der Waals surface area contributed by atoms with Crippen LogP contribution in [0.5, 0.6) is 0 Å². The molecule has 3 nitrogen and oxygen atoms in total. The van der Waals surface area contributed by atoms with Crippen molar-refractivity contribution in [2.45, 2.75) is 11.8 Å². The normalized spacial score (nSPS) is 9.67. The average Bonchev–Trinajstić information content (AvgIpc) is 2.19. The molecule has 0 spiro atoms. The summed E-state index contributed by atoms with van der Waals surface area (Å²) in [5.41, 5.74) is 1.97. The van der Waals surface area contributed by atoms with E-state index in [1.807, 2.05) is 6.07 Å². The first-order valence-corrected chi connectivity index (χ1v) is 5.99. The molecule has 78 valence electrons. The van der Waals surface area contributed by atoms with E-state index in [1.54, 1.807) is 12.1 Å². The predicted molar refractivity (Wildman–Crippen MR) is 62.8 cm³/mol. The molecule has 1 N–H and O–H groups in total. The lowest BCUT2D eigenvalue weighted by Crippen LogP contribution is -2.02. The van der Waals surface area contributed by atoms with Crippen molar-refractivity contribution in [3.8, 4) is 6.07 Å². The van der Waals surface area contributed by atoms with E-state index in [0.717, 1.165) is 10.0 Å². The lowest BCUT2D eigenvalue weighted by molar-refractivity contribution is -0.136. The summed E-state index contributed by atoms with van der Waals surface area (Å²) in [6.07, 6.45) is -0.0855. The first-order valence-electron chi connectivity index (χ1n) is 4.07. The Morgan fingerprint density at radius 1 is 1.47 bits per heavy atom. The van der Waals surface area contributed by atoms with E-state index in [2.05, 4.69) is 31.9 Å². The number of benzene rings is 1. The second kappa shape index (κ2) is 5.29. The first kappa shape index (κ1) is 12.2. The highest BCUT2D eigenvalue weighted by molar-refractivity contribution is 9.10. The van der Waals surface area contributed by atoms with Gasteiger partial charge in [0, 0.05) is 9.80 Å². The molecule has 0 fully saturated rings. The van der Waals surface area contributed by atoms with Gasteiger partial charge in [-0.05, 0) is 23.3 Å². The molecule has 1 rings (SSSR count). The van der Waals surface area contributed by atoms with E-state index >= 15 is 0 Å². The van der Waals surface area contributed by atoms with Crippen molar-refractivity contribution in [3.63, 3.8) is 0 Å². The molecule has 0 saturated carbocycles. The Labute approximate surface area is 104 Å². The minimum Gasteiger partial charge on any atom is -0.481 e. The van der Waals surface area contributed by atoms with E-state index in [-0.39, 0.29) is 6.42 Å². The molecule has 0 unspecified atom stereocenters. The summed E-state index contributed by atoms with van der Waals surface area (Å²) in [6.45, 7) is 0. The summed E-state index contributed by atoms with van der Waals surface area (Å²) >= 11 is 6.56. The maximum absolute atomic E-state index is 10.6. The summed E-state index contributed by atoms with van der Waals surface area (Å²) in [4.78, 5) is 10.6. The van der Waals surface area contributed by atoms with Crippen LogP contribution in [-0.4, -0.2) is 11.1 Å². The maximum atomic E-state index is 10.6. The molecule has 1 aromatic carbocycles. The van der Waals surface area contributed by atoms with Crippen LogP contribution < -0.4 is 0 Å². The number of carbonyl (C=O) groups is 1. The first-order chi connectivity index (χ1) is 7.08. The SMILES string of the molecule is N#Cc1cc(CC(=O)O)c(Br)cc1CBr. The van der Waals surface area contributed by atoms with Gasteiger partial charge in [-0.2, -0.15) is 5.26 Å².